The Hall–Kier alpha value is -1.06. The number of esters is 1. The third kappa shape index (κ3) is 4.50. The van der Waals surface area contributed by atoms with Crippen LogP contribution in [0.3, 0.4) is 0 Å². The van der Waals surface area contributed by atoms with E-state index < -0.39 is 0 Å². The van der Waals surface area contributed by atoms with E-state index in [0.29, 0.717) is 12.8 Å². The molecule has 0 bridgehead atoms. The summed E-state index contributed by atoms with van der Waals surface area (Å²) in [6.45, 7) is 8.04. The van der Waals surface area contributed by atoms with Gasteiger partial charge in [0.25, 0.3) is 0 Å². The lowest BCUT2D eigenvalue weighted by molar-refractivity contribution is -0.143. The molecule has 0 radical (unpaired) electrons. The summed E-state index contributed by atoms with van der Waals surface area (Å²) in [6.07, 6.45) is 1.08. The Kier molecular flexibility index (Phi) is 5.60. The van der Waals surface area contributed by atoms with Crippen molar-refractivity contribution in [2.75, 3.05) is 7.11 Å². The summed E-state index contributed by atoms with van der Waals surface area (Å²) >= 11 is 6.11. The summed E-state index contributed by atoms with van der Waals surface area (Å²) < 4.78 is 4.73. The third-order valence-corrected chi connectivity index (χ3v) is 3.98. The van der Waals surface area contributed by atoms with Gasteiger partial charge >= 0.3 is 5.97 Å². The smallest absolute Gasteiger partial charge is 0.306 e. The number of hydrogen-bond donors (Lipinski definition) is 1. The number of methoxy groups -OCH3 is 1. The summed E-state index contributed by atoms with van der Waals surface area (Å²) in [5, 5.41) is 0.757. The van der Waals surface area contributed by atoms with E-state index in [1.54, 1.807) is 0 Å². The maximum Gasteiger partial charge on any atom is 0.306 e. The third-order valence-electron chi connectivity index (χ3n) is 3.57. The highest BCUT2D eigenvalue weighted by Gasteiger charge is 2.26. The van der Waals surface area contributed by atoms with Crippen LogP contribution >= 0.6 is 11.6 Å². The number of nitrogens with two attached hydrogens (primary N) is 1. The number of carbonyl (C=O) groups is 1. The zero-order valence-corrected chi connectivity index (χ0v) is 13.7. The number of benzene rings is 1. The second-order valence-corrected chi connectivity index (χ2v) is 6.59. The van der Waals surface area contributed by atoms with Gasteiger partial charge in [0.05, 0.1) is 13.5 Å². The van der Waals surface area contributed by atoms with Crippen LogP contribution in [-0.4, -0.2) is 13.1 Å². The molecule has 0 heterocycles. The van der Waals surface area contributed by atoms with Crippen LogP contribution in [0, 0.1) is 19.3 Å². The minimum absolute atomic E-state index is 0.120. The molecule has 0 amide bonds. The van der Waals surface area contributed by atoms with E-state index in [0.717, 1.165) is 21.7 Å². The fourth-order valence-corrected chi connectivity index (χ4v) is 2.66. The Morgan fingerprint density at radius 2 is 1.95 bits per heavy atom. The molecule has 0 saturated carbocycles. The highest BCUT2D eigenvalue weighted by Crippen LogP contribution is 2.34. The van der Waals surface area contributed by atoms with Crippen molar-refractivity contribution >= 4 is 17.6 Å². The van der Waals surface area contributed by atoms with Gasteiger partial charge in [0.15, 0.2) is 0 Å². The minimum atomic E-state index is -0.203. The molecule has 2 N–H and O–H groups in total. The van der Waals surface area contributed by atoms with Gasteiger partial charge in [0.1, 0.15) is 0 Å². The Morgan fingerprint density at radius 3 is 2.50 bits per heavy atom. The fourth-order valence-electron chi connectivity index (χ4n) is 2.44. The Labute approximate surface area is 126 Å². The normalized spacial score (nSPS) is 13.2. The first kappa shape index (κ1) is 17.0. The highest BCUT2D eigenvalue weighted by atomic mass is 35.5. The Bertz CT molecular complexity index is 497. The molecule has 1 atom stereocenters. The Balaban J connectivity index is 2.88. The molecule has 4 heteroatoms. The van der Waals surface area contributed by atoms with Crippen molar-refractivity contribution < 1.29 is 9.53 Å². The molecule has 0 aliphatic rings. The van der Waals surface area contributed by atoms with E-state index in [2.05, 4.69) is 0 Å². The second kappa shape index (κ2) is 6.59. The molecule has 1 aromatic carbocycles. The molecule has 20 heavy (non-hydrogen) atoms. The molecular weight excluding hydrogens is 274 g/mol. The van der Waals surface area contributed by atoms with Gasteiger partial charge in [-0.25, -0.2) is 0 Å². The molecule has 1 unspecified atom stereocenters. The van der Waals surface area contributed by atoms with Crippen LogP contribution < -0.4 is 5.73 Å². The topological polar surface area (TPSA) is 52.3 Å². The fraction of sp³-hybridized carbons (Fsp3) is 0.562. The predicted octanol–water partition coefficient (Wildman–Crippen LogP) is 3.94. The first-order valence-corrected chi connectivity index (χ1v) is 7.13. The summed E-state index contributed by atoms with van der Waals surface area (Å²) in [7, 11) is 1.41. The second-order valence-electron chi connectivity index (χ2n) is 6.19. The lowest BCUT2D eigenvalue weighted by Gasteiger charge is -2.28. The van der Waals surface area contributed by atoms with Gasteiger partial charge in [0.2, 0.25) is 0 Å². The van der Waals surface area contributed by atoms with Gasteiger partial charge in [-0.3, -0.25) is 4.79 Å². The molecule has 0 aliphatic carbocycles. The number of ether oxygens (including phenoxy) is 1. The van der Waals surface area contributed by atoms with E-state index in [-0.39, 0.29) is 17.4 Å². The molecule has 1 aromatic rings. The average Bonchev–Trinajstić information content (AvgIpc) is 2.32. The number of aryl methyl sites for hydroxylation is 2. The van der Waals surface area contributed by atoms with Crippen molar-refractivity contribution in [2.45, 2.75) is 46.6 Å². The number of rotatable bonds is 5. The van der Waals surface area contributed by atoms with Crippen molar-refractivity contribution in [2.24, 2.45) is 11.1 Å². The zero-order chi connectivity index (χ0) is 15.5. The van der Waals surface area contributed by atoms with E-state index >= 15 is 0 Å². The van der Waals surface area contributed by atoms with Gasteiger partial charge in [-0.05, 0) is 48.4 Å². The first-order valence-electron chi connectivity index (χ1n) is 6.75. The zero-order valence-electron chi connectivity index (χ0n) is 12.9. The number of carbonyl (C=O) groups excluding carboxylic acids is 1. The highest BCUT2D eigenvalue weighted by molar-refractivity contribution is 6.31. The van der Waals surface area contributed by atoms with Crippen molar-refractivity contribution in [1.29, 1.82) is 0 Å². The van der Waals surface area contributed by atoms with Gasteiger partial charge < -0.3 is 10.5 Å². The van der Waals surface area contributed by atoms with Crippen LogP contribution in [0.5, 0.6) is 0 Å². The van der Waals surface area contributed by atoms with Crippen molar-refractivity contribution in [1.82, 2.24) is 0 Å². The number of hydrogen-bond acceptors (Lipinski definition) is 3. The van der Waals surface area contributed by atoms with Crippen LogP contribution in [0.25, 0.3) is 0 Å². The monoisotopic (exact) mass is 297 g/mol. The molecular formula is C16H24ClNO2. The van der Waals surface area contributed by atoms with Crippen LogP contribution in [0.15, 0.2) is 12.1 Å². The molecule has 112 valence electrons. The summed E-state index contributed by atoms with van der Waals surface area (Å²) in [4.78, 5) is 11.4. The van der Waals surface area contributed by atoms with Crippen LogP contribution in [-0.2, 0) is 9.53 Å². The van der Waals surface area contributed by atoms with E-state index in [1.807, 2.05) is 39.8 Å². The lowest BCUT2D eigenvalue weighted by atomic mass is 9.80. The summed E-state index contributed by atoms with van der Waals surface area (Å²) in [5.74, 6) is -0.203. The van der Waals surface area contributed by atoms with E-state index in [1.165, 1.54) is 7.11 Å². The quantitative estimate of drug-likeness (QED) is 0.838. The molecule has 0 spiro atoms. The largest absolute Gasteiger partial charge is 0.469 e. The number of halogens is 1. The first-order chi connectivity index (χ1) is 9.16. The van der Waals surface area contributed by atoms with Crippen molar-refractivity contribution in [3.8, 4) is 0 Å². The maximum absolute atomic E-state index is 11.4. The van der Waals surface area contributed by atoms with Gasteiger partial charge in [0, 0.05) is 11.1 Å². The van der Waals surface area contributed by atoms with E-state index in [4.69, 9.17) is 22.1 Å². The van der Waals surface area contributed by atoms with Crippen molar-refractivity contribution in [3.63, 3.8) is 0 Å². The van der Waals surface area contributed by atoms with Crippen LogP contribution in [0.4, 0.5) is 0 Å². The molecule has 0 saturated heterocycles. The van der Waals surface area contributed by atoms with Gasteiger partial charge in [-0.2, -0.15) is 0 Å². The van der Waals surface area contributed by atoms with Crippen LogP contribution in [0.2, 0.25) is 5.02 Å². The average molecular weight is 298 g/mol. The van der Waals surface area contributed by atoms with Crippen LogP contribution in [0.1, 0.15) is 49.4 Å². The standard InChI is InChI=1S/C16H24ClNO2/c1-10-7-13(17)11(2)6-12(10)14(18)8-16(3,4)9-15(19)20-5/h6-7,14H,8-9,18H2,1-5H3. The molecule has 0 fully saturated rings. The summed E-state index contributed by atoms with van der Waals surface area (Å²) in [6, 6.07) is 3.86. The minimum Gasteiger partial charge on any atom is -0.469 e. The lowest BCUT2D eigenvalue weighted by Crippen LogP contribution is -2.25. The Morgan fingerprint density at radius 1 is 1.35 bits per heavy atom. The SMILES string of the molecule is COC(=O)CC(C)(C)CC(N)c1cc(C)c(Cl)cc1C. The molecule has 0 aliphatic heterocycles. The predicted molar refractivity (Wildman–Crippen MR) is 82.9 cm³/mol. The van der Waals surface area contributed by atoms with Crippen molar-refractivity contribution in [3.05, 3.63) is 33.8 Å². The summed E-state index contributed by atoms with van der Waals surface area (Å²) in [5.41, 5.74) is 9.32. The van der Waals surface area contributed by atoms with Gasteiger partial charge in [-0.15, -0.1) is 0 Å². The molecule has 0 aromatic heterocycles. The molecule has 3 nitrogen and oxygen atoms in total. The molecule has 1 rings (SSSR count). The van der Waals surface area contributed by atoms with E-state index in [9.17, 15) is 4.79 Å². The van der Waals surface area contributed by atoms with Gasteiger partial charge in [-0.1, -0.05) is 31.5 Å². The maximum atomic E-state index is 11.4.